The van der Waals surface area contributed by atoms with Crippen molar-refractivity contribution < 1.29 is 29.0 Å². The summed E-state index contributed by atoms with van der Waals surface area (Å²) < 4.78 is 13.8. The van der Waals surface area contributed by atoms with Gasteiger partial charge in [0.25, 0.3) is 0 Å². The van der Waals surface area contributed by atoms with Crippen LogP contribution < -0.4 is 5.32 Å². The van der Waals surface area contributed by atoms with Gasteiger partial charge in [0, 0.05) is 41.7 Å². The van der Waals surface area contributed by atoms with E-state index in [4.69, 9.17) is 32.7 Å². The standard InChI is InChI=1S/C36H41Cl2N3O7S/c1-25(47-19-20-48-33(43)21-27-13-6-7-16-31(27)39-34-29(37)14-10-15-30(34)38)28(35(44)45)22-32(42)41(23-26-11-4-2-5-12-26)24-36(49-40-46)17-8-3-9-18-36/h2,4-7,10-16,25,28,39H,3,8-9,17-24H2,1H3,(H,44,45). The average Bonchev–Trinajstić information content (AvgIpc) is 3.08. The molecule has 4 rings (SSSR count). The van der Waals surface area contributed by atoms with Crippen LogP contribution in [0.1, 0.15) is 56.6 Å². The lowest BCUT2D eigenvalue weighted by Gasteiger charge is -2.38. The number of hydrogen-bond donors (Lipinski definition) is 2. The Morgan fingerprint density at radius 1 is 0.959 bits per heavy atom. The Morgan fingerprint density at radius 3 is 2.31 bits per heavy atom. The molecule has 13 heteroatoms. The van der Waals surface area contributed by atoms with Crippen molar-refractivity contribution in [2.75, 3.05) is 25.1 Å². The van der Waals surface area contributed by atoms with Gasteiger partial charge in [0.05, 0.1) is 45.5 Å². The summed E-state index contributed by atoms with van der Waals surface area (Å²) in [7, 11) is 0. The maximum atomic E-state index is 13.8. The summed E-state index contributed by atoms with van der Waals surface area (Å²) in [4.78, 5) is 51.8. The quantitative estimate of drug-likeness (QED) is 0.0572. The molecule has 0 saturated heterocycles. The van der Waals surface area contributed by atoms with Gasteiger partial charge in [-0.05, 0) is 49.1 Å². The third-order valence-corrected chi connectivity index (χ3v) is 10.3. The van der Waals surface area contributed by atoms with E-state index in [2.05, 4.69) is 9.90 Å². The number of rotatable bonds is 18. The summed E-state index contributed by atoms with van der Waals surface area (Å²) in [6, 6.07) is 21.8. The van der Waals surface area contributed by atoms with Gasteiger partial charge in [-0.1, -0.05) is 97.1 Å². The molecule has 2 atom stereocenters. The number of nitrogens with one attached hydrogen (secondary N) is 1. The van der Waals surface area contributed by atoms with Gasteiger partial charge in [0.15, 0.2) is 0 Å². The SMILES string of the molecule is CC(OCCOC(=O)Cc1ccccc1Nc1c(Cl)cccc1Cl)C(CC(=O)N(Cc1ccccc1)CC1(SN=O)CCCCC1)C(=O)O. The Hall–Kier alpha value is -3.64. The molecule has 2 N–H and O–H groups in total. The van der Waals surface area contributed by atoms with Gasteiger partial charge >= 0.3 is 11.9 Å². The molecule has 0 aliphatic heterocycles. The van der Waals surface area contributed by atoms with Crippen LogP contribution in [0.4, 0.5) is 11.4 Å². The lowest BCUT2D eigenvalue weighted by molar-refractivity contribution is -0.154. The number of amides is 1. The van der Waals surface area contributed by atoms with Crippen LogP contribution in [0.25, 0.3) is 0 Å². The monoisotopic (exact) mass is 729 g/mol. The van der Waals surface area contributed by atoms with Crippen LogP contribution in [-0.2, 0) is 36.8 Å². The van der Waals surface area contributed by atoms with Crippen LogP contribution in [0.5, 0.6) is 0 Å². The highest BCUT2D eigenvalue weighted by Crippen LogP contribution is 2.41. The first-order chi connectivity index (χ1) is 23.6. The molecular formula is C36H41Cl2N3O7S. The second-order valence-corrected chi connectivity index (χ2v) is 14.2. The number of nitrogens with zero attached hydrogens (tertiary/aromatic N) is 2. The van der Waals surface area contributed by atoms with E-state index < -0.39 is 28.7 Å². The lowest BCUT2D eigenvalue weighted by atomic mass is 9.87. The van der Waals surface area contributed by atoms with Crippen molar-refractivity contribution in [1.29, 1.82) is 0 Å². The number of para-hydroxylation sites is 2. The second kappa shape index (κ2) is 18.9. The summed E-state index contributed by atoms with van der Waals surface area (Å²) in [5.74, 6) is -3.16. The molecule has 1 saturated carbocycles. The first kappa shape index (κ1) is 38.2. The van der Waals surface area contributed by atoms with Crippen LogP contribution >= 0.6 is 35.1 Å². The predicted octanol–water partition coefficient (Wildman–Crippen LogP) is 8.47. The fourth-order valence-electron chi connectivity index (χ4n) is 5.97. The van der Waals surface area contributed by atoms with E-state index >= 15 is 0 Å². The van der Waals surface area contributed by atoms with E-state index in [-0.39, 0.29) is 38.5 Å². The third kappa shape index (κ3) is 11.5. The number of carbonyl (C=O) groups is 3. The normalized spacial score (nSPS) is 15.1. The minimum Gasteiger partial charge on any atom is -0.481 e. The maximum absolute atomic E-state index is 13.8. The van der Waals surface area contributed by atoms with E-state index in [0.29, 0.717) is 33.5 Å². The highest BCUT2D eigenvalue weighted by molar-refractivity contribution is 7.99. The molecule has 1 aliphatic rings. The first-order valence-corrected chi connectivity index (χ1v) is 17.8. The number of carbonyl (C=O) groups excluding carboxylic acids is 2. The molecule has 49 heavy (non-hydrogen) atoms. The number of benzene rings is 3. The summed E-state index contributed by atoms with van der Waals surface area (Å²) in [6.45, 7) is 2.00. The zero-order valence-corrected chi connectivity index (χ0v) is 29.6. The molecule has 1 amide bonds. The van der Waals surface area contributed by atoms with Crippen molar-refractivity contribution in [2.24, 2.45) is 10.5 Å². The minimum atomic E-state index is -1.17. The van der Waals surface area contributed by atoms with E-state index in [1.165, 1.54) is 0 Å². The van der Waals surface area contributed by atoms with Crippen LogP contribution in [0, 0.1) is 10.8 Å². The lowest BCUT2D eigenvalue weighted by Crippen LogP contribution is -2.45. The van der Waals surface area contributed by atoms with Gasteiger partial charge < -0.3 is 24.8 Å². The first-order valence-electron chi connectivity index (χ1n) is 16.2. The Balaban J connectivity index is 1.33. The molecule has 0 heterocycles. The number of ether oxygens (including phenoxy) is 2. The van der Waals surface area contributed by atoms with Crippen molar-refractivity contribution in [1.82, 2.24) is 4.90 Å². The molecular weight excluding hydrogens is 689 g/mol. The van der Waals surface area contributed by atoms with Crippen LogP contribution in [0.3, 0.4) is 0 Å². The van der Waals surface area contributed by atoms with Gasteiger partial charge in [-0.15, -0.1) is 4.91 Å². The molecule has 10 nitrogen and oxygen atoms in total. The molecule has 0 spiro atoms. The number of nitroso groups, excluding NO2 is 1. The predicted molar refractivity (Wildman–Crippen MR) is 193 cm³/mol. The average molecular weight is 731 g/mol. The Labute approximate surface area is 300 Å². The summed E-state index contributed by atoms with van der Waals surface area (Å²) in [6.07, 6.45) is 3.25. The van der Waals surface area contributed by atoms with E-state index in [9.17, 15) is 24.4 Å². The van der Waals surface area contributed by atoms with E-state index in [1.54, 1.807) is 48.2 Å². The third-order valence-electron chi connectivity index (χ3n) is 8.62. The van der Waals surface area contributed by atoms with Gasteiger partial charge in [-0.25, -0.2) is 0 Å². The topological polar surface area (TPSA) is 135 Å². The van der Waals surface area contributed by atoms with Crippen molar-refractivity contribution in [3.05, 3.63) is 98.9 Å². The van der Waals surface area contributed by atoms with Gasteiger partial charge in [0.2, 0.25) is 5.91 Å². The highest BCUT2D eigenvalue weighted by Gasteiger charge is 2.38. The van der Waals surface area contributed by atoms with Gasteiger partial charge in [-0.3, -0.25) is 14.4 Å². The molecule has 3 aromatic rings. The zero-order chi connectivity index (χ0) is 35.2. The Bertz CT molecular complexity index is 1550. The minimum absolute atomic E-state index is 0.0380. The van der Waals surface area contributed by atoms with Crippen molar-refractivity contribution in [3.8, 4) is 0 Å². The van der Waals surface area contributed by atoms with Crippen molar-refractivity contribution in [3.63, 3.8) is 0 Å². The number of aliphatic carboxylic acids is 1. The van der Waals surface area contributed by atoms with E-state index in [0.717, 1.165) is 49.6 Å². The summed E-state index contributed by atoms with van der Waals surface area (Å²) >= 11 is 13.6. The van der Waals surface area contributed by atoms with Gasteiger partial charge in [-0.2, -0.15) is 0 Å². The van der Waals surface area contributed by atoms with Crippen LogP contribution in [-0.4, -0.2) is 58.5 Å². The number of halogens is 2. The molecule has 0 bridgehead atoms. The van der Waals surface area contributed by atoms with Crippen LogP contribution in [0.15, 0.2) is 77.4 Å². The van der Waals surface area contributed by atoms with Crippen molar-refractivity contribution >= 4 is 64.4 Å². The Morgan fingerprint density at radius 2 is 1.63 bits per heavy atom. The number of carboxylic acid groups (broad SMARTS) is 1. The van der Waals surface area contributed by atoms with E-state index in [1.807, 2.05) is 36.4 Å². The highest BCUT2D eigenvalue weighted by atomic mass is 35.5. The summed E-state index contributed by atoms with van der Waals surface area (Å²) in [5.41, 5.74) is 2.73. The molecule has 0 radical (unpaired) electrons. The fraction of sp³-hybridized carbons (Fsp3) is 0.417. The number of carboxylic acids is 1. The zero-order valence-electron chi connectivity index (χ0n) is 27.3. The number of anilines is 2. The fourth-order valence-corrected chi connectivity index (χ4v) is 7.30. The molecule has 1 aliphatic carbocycles. The maximum Gasteiger partial charge on any atom is 0.310 e. The smallest absolute Gasteiger partial charge is 0.310 e. The van der Waals surface area contributed by atoms with Gasteiger partial charge in [0.1, 0.15) is 6.61 Å². The summed E-state index contributed by atoms with van der Waals surface area (Å²) in [5, 5.41) is 14.1. The Kier molecular flexibility index (Phi) is 14.8. The molecule has 2 unspecified atom stereocenters. The number of hydrogen-bond acceptors (Lipinski definition) is 9. The van der Waals surface area contributed by atoms with Crippen LogP contribution in [0.2, 0.25) is 10.0 Å². The second-order valence-electron chi connectivity index (χ2n) is 12.1. The molecule has 0 aromatic heterocycles. The largest absolute Gasteiger partial charge is 0.481 e. The number of esters is 1. The molecule has 3 aromatic carbocycles. The molecule has 262 valence electrons. The molecule has 1 fully saturated rings. The van der Waals surface area contributed by atoms with Crippen molar-refractivity contribution in [2.45, 2.75) is 69.3 Å².